The SMILES string of the molecule is C=CCN(CC=C)C(=O)c1ccc(C#N)cn1. The summed E-state index contributed by atoms with van der Waals surface area (Å²) in [6, 6.07) is 5.06. The molecule has 0 radical (unpaired) electrons. The normalized spacial score (nSPS) is 9.12. The zero-order chi connectivity index (χ0) is 12.7. The van der Waals surface area contributed by atoms with Gasteiger partial charge in [-0.15, -0.1) is 13.2 Å². The predicted molar refractivity (Wildman–Crippen MR) is 65.2 cm³/mol. The highest BCUT2D eigenvalue weighted by molar-refractivity contribution is 5.92. The molecule has 4 nitrogen and oxygen atoms in total. The molecule has 1 rings (SSSR count). The molecule has 0 N–H and O–H groups in total. The van der Waals surface area contributed by atoms with E-state index in [0.717, 1.165) is 0 Å². The second-order valence-electron chi connectivity index (χ2n) is 3.33. The van der Waals surface area contributed by atoms with Crippen LogP contribution in [0.25, 0.3) is 0 Å². The molecule has 1 heterocycles. The van der Waals surface area contributed by atoms with Gasteiger partial charge in [-0.3, -0.25) is 4.79 Å². The molecule has 17 heavy (non-hydrogen) atoms. The van der Waals surface area contributed by atoms with Gasteiger partial charge in [-0.05, 0) is 12.1 Å². The summed E-state index contributed by atoms with van der Waals surface area (Å²) in [7, 11) is 0. The summed E-state index contributed by atoms with van der Waals surface area (Å²) in [5, 5.41) is 8.63. The largest absolute Gasteiger partial charge is 0.330 e. The molecule has 1 amide bonds. The maximum Gasteiger partial charge on any atom is 0.273 e. The number of carbonyl (C=O) groups excluding carboxylic acids is 1. The Kier molecular flexibility index (Phi) is 4.64. The molecule has 0 aliphatic heterocycles. The highest BCUT2D eigenvalue weighted by Crippen LogP contribution is 2.04. The first kappa shape index (κ1) is 12.7. The van der Waals surface area contributed by atoms with Crippen molar-refractivity contribution < 1.29 is 4.79 Å². The summed E-state index contributed by atoms with van der Waals surface area (Å²) in [4.78, 5) is 17.5. The van der Waals surface area contributed by atoms with Gasteiger partial charge < -0.3 is 4.90 Å². The lowest BCUT2D eigenvalue weighted by atomic mass is 10.2. The van der Waals surface area contributed by atoms with Crippen molar-refractivity contribution in [2.75, 3.05) is 13.1 Å². The van der Waals surface area contributed by atoms with Crippen LogP contribution in [0.15, 0.2) is 43.6 Å². The first-order chi connectivity index (χ1) is 8.22. The number of nitriles is 1. The number of carbonyl (C=O) groups is 1. The number of hydrogen-bond donors (Lipinski definition) is 0. The zero-order valence-corrected chi connectivity index (χ0v) is 9.47. The Hall–Kier alpha value is -2.41. The van der Waals surface area contributed by atoms with Crippen LogP contribution in [0.5, 0.6) is 0 Å². The molecule has 1 aromatic rings. The predicted octanol–water partition coefficient (Wildman–Crippen LogP) is 1.77. The Balaban J connectivity index is 2.88. The van der Waals surface area contributed by atoms with E-state index in [2.05, 4.69) is 18.1 Å². The first-order valence-corrected chi connectivity index (χ1v) is 5.10. The third-order valence-electron chi connectivity index (χ3n) is 2.10. The Morgan fingerprint density at radius 1 is 1.41 bits per heavy atom. The maximum absolute atomic E-state index is 12.0. The Bertz CT molecular complexity index is 447. The second kappa shape index (κ2) is 6.23. The van der Waals surface area contributed by atoms with Crippen molar-refractivity contribution in [1.29, 1.82) is 5.26 Å². The fourth-order valence-corrected chi connectivity index (χ4v) is 1.30. The van der Waals surface area contributed by atoms with Crippen LogP contribution in [-0.4, -0.2) is 28.9 Å². The van der Waals surface area contributed by atoms with Gasteiger partial charge in [0.15, 0.2) is 0 Å². The summed E-state index contributed by atoms with van der Waals surface area (Å²) in [6.45, 7) is 8.06. The van der Waals surface area contributed by atoms with Crippen LogP contribution in [0.3, 0.4) is 0 Å². The van der Waals surface area contributed by atoms with Crippen molar-refractivity contribution in [3.63, 3.8) is 0 Å². The van der Waals surface area contributed by atoms with Gasteiger partial charge in [0.1, 0.15) is 11.8 Å². The van der Waals surface area contributed by atoms with Gasteiger partial charge in [-0.2, -0.15) is 5.26 Å². The van der Waals surface area contributed by atoms with Crippen LogP contribution < -0.4 is 0 Å². The summed E-state index contributed by atoms with van der Waals surface area (Å²) in [5.41, 5.74) is 0.744. The Morgan fingerprint density at radius 2 is 2.06 bits per heavy atom. The van der Waals surface area contributed by atoms with Crippen molar-refractivity contribution in [1.82, 2.24) is 9.88 Å². The number of rotatable bonds is 5. The summed E-state index contributed by atoms with van der Waals surface area (Å²) in [6.07, 6.45) is 4.67. The molecule has 0 aliphatic carbocycles. The van der Waals surface area contributed by atoms with E-state index in [4.69, 9.17) is 5.26 Å². The van der Waals surface area contributed by atoms with E-state index >= 15 is 0 Å². The first-order valence-electron chi connectivity index (χ1n) is 5.10. The summed E-state index contributed by atoms with van der Waals surface area (Å²) >= 11 is 0. The van der Waals surface area contributed by atoms with Crippen molar-refractivity contribution >= 4 is 5.91 Å². The topological polar surface area (TPSA) is 57.0 Å². The summed E-state index contributed by atoms with van der Waals surface area (Å²) < 4.78 is 0. The van der Waals surface area contributed by atoms with Gasteiger partial charge in [0.25, 0.3) is 5.91 Å². The molecule has 4 heteroatoms. The third kappa shape index (κ3) is 3.28. The Labute approximate surface area is 101 Å². The van der Waals surface area contributed by atoms with Gasteiger partial charge in [0.2, 0.25) is 0 Å². The van der Waals surface area contributed by atoms with E-state index in [9.17, 15) is 4.79 Å². The number of nitrogens with zero attached hydrogens (tertiary/aromatic N) is 3. The molecule has 0 saturated heterocycles. The quantitative estimate of drug-likeness (QED) is 0.720. The fraction of sp³-hybridized carbons (Fsp3) is 0.154. The standard InChI is InChI=1S/C13H13N3O/c1-3-7-16(8-4-2)13(17)12-6-5-11(9-14)10-15-12/h3-6,10H,1-2,7-8H2. The average Bonchev–Trinajstić information content (AvgIpc) is 2.38. The molecule has 1 aromatic heterocycles. The van der Waals surface area contributed by atoms with Crippen LogP contribution in [0, 0.1) is 11.3 Å². The fourth-order valence-electron chi connectivity index (χ4n) is 1.30. The lowest BCUT2D eigenvalue weighted by Crippen LogP contribution is -2.31. The molecule has 0 fully saturated rings. The third-order valence-corrected chi connectivity index (χ3v) is 2.10. The molecule has 0 saturated carbocycles. The molecule has 0 bridgehead atoms. The van der Waals surface area contributed by atoms with E-state index in [-0.39, 0.29) is 5.91 Å². The Morgan fingerprint density at radius 3 is 2.47 bits per heavy atom. The van der Waals surface area contributed by atoms with E-state index < -0.39 is 0 Å². The van der Waals surface area contributed by atoms with Gasteiger partial charge in [0.05, 0.1) is 5.56 Å². The van der Waals surface area contributed by atoms with E-state index in [1.54, 1.807) is 29.2 Å². The maximum atomic E-state index is 12.0. The highest BCUT2D eigenvalue weighted by Gasteiger charge is 2.14. The minimum atomic E-state index is -0.200. The van der Waals surface area contributed by atoms with Crippen LogP contribution in [0.2, 0.25) is 0 Å². The highest BCUT2D eigenvalue weighted by atomic mass is 16.2. The van der Waals surface area contributed by atoms with Gasteiger partial charge in [0, 0.05) is 19.3 Å². The molecule has 0 spiro atoms. The molecular weight excluding hydrogens is 214 g/mol. The molecule has 0 unspecified atom stereocenters. The lowest BCUT2D eigenvalue weighted by molar-refractivity contribution is 0.0785. The zero-order valence-electron chi connectivity index (χ0n) is 9.47. The smallest absolute Gasteiger partial charge is 0.273 e. The van der Waals surface area contributed by atoms with E-state index in [1.165, 1.54) is 6.20 Å². The minimum absolute atomic E-state index is 0.200. The van der Waals surface area contributed by atoms with E-state index in [1.807, 2.05) is 6.07 Å². The molecule has 86 valence electrons. The number of aromatic nitrogens is 1. The van der Waals surface area contributed by atoms with Gasteiger partial charge >= 0.3 is 0 Å². The van der Waals surface area contributed by atoms with Crippen molar-refractivity contribution in [2.45, 2.75) is 0 Å². The number of amides is 1. The van der Waals surface area contributed by atoms with Crippen LogP contribution in [0.4, 0.5) is 0 Å². The van der Waals surface area contributed by atoms with Crippen LogP contribution in [0.1, 0.15) is 16.1 Å². The second-order valence-corrected chi connectivity index (χ2v) is 3.33. The minimum Gasteiger partial charge on any atom is -0.330 e. The molecular formula is C13H13N3O. The lowest BCUT2D eigenvalue weighted by Gasteiger charge is -2.18. The van der Waals surface area contributed by atoms with Crippen molar-refractivity contribution in [3.8, 4) is 6.07 Å². The van der Waals surface area contributed by atoms with Crippen molar-refractivity contribution in [3.05, 3.63) is 54.9 Å². The molecule has 0 atom stereocenters. The average molecular weight is 227 g/mol. The van der Waals surface area contributed by atoms with Crippen LogP contribution >= 0.6 is 0 Å². The monoisotopic (exact) mass is 227 g/mol. The van der Waals surface area contributed by atoms with Crippen LogP contribution in [-0.2, 0) is 0 Å². The molecule has 0 aliphatic rings. The number of hydrogen-bond acceptors (Lipinski definition) is 3. The number of pyridine rings is 1. The van der Waals surface area contributed by atoms with Crippen molar-refractivity contribution in [2.24, 2.45) is 0 Å². The van der Waals surface area contributed by atoms with E-state index in [0.29, 0.717) is 24.3 Å². The summed E-state index contributed by atoms with van der Waals surface area (Å²) in [5.74, 6) is -0.200. The van der Waals surface area contributed by atoms with Gasteiger partial charge in [-0.1, -0.05) is 12.2 Å². The molecule has 0 aromatic carbocycles. The van der Waals surface area contributed by atoms with Gasteiger partial charge in [-0.25, -0.2) is 4.98 Å².